The molecule has 1 fully saturated rings. The first kappa shape index (κ1) is 15.9. The van der Waals surface area contributed by atoms with Crippen LogP contribution in [0.4, 0.5) is 0 Å². The third kappa shape index (κ3) is 3.08. The van der Waals surface area contributed by atoms with Crippen LogP contribution in [-0.2, 0) is 16.6 Å². The van der Waals surface area contributed by atoms with E-state index in [4.69, 9.17) is 0 Å². The number of sulfonamides is 1. The first-order valence-electron chi connectivity index (χ1n) is 7.28. The number of nitrogens with zero attached hydrogens (tertiary/aromatic N) is 1. The molecule has 0 aromatic carbocycles. The number of aryl methyl sites for hydroxylation is 1. The maximum Gasteiger partial charge on any atom is 0.244 e. The summed E-state index contributed by atoms with van der Waals surface area (Å²) in [6.07, 6.45) is 2.98. The molecule has 0 bridgehead atoms. The molecule has 1 unspecified atom stereocenters. The molecule has 6 heteroatoms. The van der Waals surface area contributed by atoms with Crippen molar-refractivity contribution in [2.45, 2.75) is 57.5 Å². The minimum atomic E-state index is -3.34. The highest BCUT2D eigenvalue weighted by Gasteiger charge is 2.35. The Morgan fingerprint density at radius 2 is 2.25 bits per heavy atom. The smallest absolute Gasteiger partial charge is 0.244 e. The Kier molecular flexibility index (Phi) is 5.23. The molecule has 0 spiro atoms. The van der Waals surface area contributed by atoms with E-state index in [1.54, 1.807) is 15.6 Å². The fourth-order valence-electron chi connectivity index (χ4n) is 2.72. The van der Waals surface area contributed by atoms with Gasteiger partial charge >= 0.3 is 0 Å². The maximum atomic E-state index is 12.9. The van der Waals surface area contributed by atoms with Gasteiger partial charge < -0.3 is 5.32 Å². The Morgan fingerprint density at radius 1 is 1.50 bits per heavy atom. The number of nitrogens with one attached hydrogen (secondary N) is 1. The molecule has 4 nitrogen and oxygen atoms in total. The van der Waals surface area contributed by atoms with Gasteiger partial charge in [-0.15, -0.1) is 11.3 Å². The lowest BCUT2D eigenvalue weighted by molar-refractivity contribution is 0.407. The van der Waals surface area contributed by atoms with E-state index in [0.29, 0.717) is 18.0 Å². The standard InChI is InChI=1S/C14H24N2O2S2/c1-4-7-15-9-13-14(11(2)10-19-13)20(17,18)16-8-5-6-12(16)3/h10,12,15H,4-9H2,1-3H3. The SMILES string of the molecule is CCCNCc1scc(C)c1S(=O)(=O)N1CCCC1C. The molecule has 1 aromatic heterocycles. The Labute approximate surface area is 126 Å². The van der Waals surface area contributed by atoms with Crippen molar-refractivity contribution in [2.75, 3.05) is 13.1 Å². The fraction of sp³-hybridized carbons (Fsp3) is 0.714. The summed E-state index contributed by atoms with van der Waals surface area (Å²) in [6.45, 7) is 8.21. The minimum absolute atomic E-state index is 0.121. The van der Waals surface area contributed by atoms with Gasteiger partial charge in [0, 0.05) is 24.0 Å². The topological polar surface area (TPSA) is 49.4 Å². The molecule has 1 N–H and O–H groups in total. The molecule has 0 saturated carbocycles. The van der Waals surface area contributed by atoms with Crippen LogP contribution in [-0.4, -0.2) is 31.9 Å². The Hall–Kier alpha value is -0.430. The molecule has 1 saturated heterocycles. The summed E-state index contributed by atoms with van der Waals surface area (Å²) in [5, 5.41) is 5.26. The average molecular weight is 316 g/mol. The van der Waals surface area contributed by atoms with Crippen molar-refractivity contribution >= 4 is 21.4 Å². The van der Waals surface area contributed by atoms with Crippen LogP contribution in [0.15, 0.2) is 10.3 Å². The minimum Gasteiger partial charge on any atom is -0.312 e. The largest absolute Gasteiger partial charge is 0.312 e. The van der Waals surface area contributed by atoms with Crippen molar-refractivity contribution in [1.82, 2.24) is 9.62 Å². The first-order valence-corrected chi connectivity index (χ1v) is 9.60. The fourth-order valence-corrected chi connectivity index (χ4v) is 6.15. The van der Waals surface area contributed by atoms with Crippen LogP contribution in [0.1, 0.15) is 43.6 Å². The second kappa shape index (κ2) is 6.56. The highest BCUT2D eigenvalue weighted by Crippen LogP contribution is 2.33. The summed E-state index contributed by atoms with van der Waals surface area (Å²) in [4.78, 5) is 1.48. The molecule has 1 aliphatic heterocycles. The molecule has 1 aromatic rings. The van der Waals surface area contributed by atoms with E-state index < -0.39 is 10.0 Å². The van der Waals surface area contributed by atoms with Gasteiger partial charge in [-0.2, -0.15) is 4.31 Å². The number of hydrogen-bond donors (Lipinski definition) is 1. The molecule has 2 rings (SSSR count). The van der Waals surface area contributed by atoms with Gasteiger partial charge in [0.15, 0.2) is 0 Å². The predicted octanol–water partition coefficient (Wildman–Crippen LogP) is 2.73. The van der Waals surface area contributed by atoms with Gasteiger partial charge in [-0.05, 0) is 50.6 Å². The van der Waals surface area contributed by atoms with E-state index >= 15 is 0 Å². The lowest BCUT2D eigenvalue weighted by Gasteiger charge is -2.22. The van der Waals surface area contributed by atoms with Crippen LogP contribution in [0.5, 0.6) is 0 Å². The van der Waals surface area contributed by atoms with Crippen molar-refractivity contribution in [3.63, 3.8) is 0 Å². The van der Waals surface area contributed by atoms with Gasteiger partial charge in [0.25, 0.3) is 0 Å². The van der Waals surface area contributed by atoms with E-state index in [0.717, 1.165) is 36.2 Å². The average Bonchev–Trinajstić information content (AvgIpc) is 2.97. The van der Waals surface area contributed by atoms with Crippen LogP contribution >= 0.6 is 11.3 Å². The zero-order valence-corrected chi connectivity index (χ0v) is 14.1. The Morgan fingerprint density at radius 3 is 2.85 bits per heavy atom. The van der Waals surface area contributed by atoms with Crippen LogP contribution in [0.25, 0.3) is 0 Å². The molecule has 1 aliphatic rings. The van der Waals surface area contributed by atoms with Crippen molar-refractivity contribution in [2.24, 2.45) is 0 Å². The van der Waals surface area contributed by atoms with E-state index in [1.807, 2.05) is 19.2 Å². The van der Waals surface area contributed by atoms with E-state index in [9.17, 15) is 8.42 Å². The van der Waals surface area contributed by atoms with Gasteiger partial charge in [0.05, 0.1) is 0 Å². The van der Waals surface area contributed by atoms with Gasteiger partial charge in [0.1, 0.15) is 4.90 Å². The molecule has 0 amide bonds. The summed E-state index contributed by atoms with van der Waals surface area (Å²) in [5.74, 6) is 0. The number of thiophene rings is 1. The molecule has 0 radical (unpaired) electrons. The normalized spacial score (nSPS) is 20.6. The Bertz CT molecular complexity index is 552. The highest BCUT2D eigenvalue weighted by molar-refractivity contribution is 7.89. The summed E-state index contributed by atoms with van der Waals surface area (Å²) < 4.78 is 27.4. The number of rotatable bonds is 6. The molecule has 114 valence electrons. The second-order valence-corrected chi connectivity index (χ2v) is 8.25. The van der Waals surface area contributed by atoms with Crippen LogP contribution in [0, 0.1) is 6.92 Å². The van der Waals surface area contributed by atoms with Crippen molar-refractivity contribution in [3.8, 4) is 0 Å². The van der Waals surface area contributed by atoms with E-state index in [-0.39, 0.29) is 6.04 Å². The quantitative estimate of drug-likeness (QED) is 0.821. The van der Waals surface area contributed by atoms with Gasteiger partial charge in [0.2, 0.25) is 10.0 Å². The van der Waals surface area contributed by atoms with Crippen molar-refractivity contribution in [3.05, 3.63) is 15.8 Å². The first-order chi connectivity index (χ1) is 9.48. The molecule has 0 aliphatic carbocycles. The van der Waals surface area contributed by atoms with Crippen LogP contribution in [0.3, 0.4) is 0 Å². The molecule has 1 atom stereocenters. The molecular weight excluding hydrogens is 292 g/mol. The van der Waals surface area contributed by atoms with E-state index in [1.165, 1.54) is 0 Å². The van der Waals surface area contributed by atoms with Gasteiger partial charge in [-0.25, -0.2) is 8.42 Å². The second-order valence-electron chi connectivity index (χ2n) is 5.45. The maximum absolute atomic E-state index is 12.9. The van der Waals surface area contributed by atoms with Crippen LogP contribution in [0.2, 0.25) is 0 Å². The summed E-state index contributed by atoms with van der Waals surface area (Å²) in [5.41, 5.74) is 0.877. The zero-order chi connectivity index (χ0) is 14.8. The zero-order valence-electron chi connectivity index (χ0n) is 12.5. The third-order valence-corrected chi connectivity index (χ3v) is 7.24. The summed E-state index contributed by atoms with van der Waals surface area (Å²) >= 11 is 1.55. The van der Waals surface area contributed by atoms with Crippen LogP contribution < -0.4 is 5.32 Å². The third-order valence-electron chi connectivity index (χ3n) is 3.76. The summed E-state index contributed by atoms with van der Waals surface area (Å²) in [6, 6.07) is 0.121. The van der Waals surface area contributed by atoms with E-state index in [2.05, 4.69) is 12.2 Å². The predicted molar refractivity (Wildman–Crippen MR) is 83.6 cm³/mol. The summed E-state index contributed by atoms with van der Waals surface area (Å²) in [7, 11) is -3.34. The lowest BCUT2D eigenvalue weighted by atomic mass is 10.3. The van der Waals surface area contributed by atoms with Crippen molar-refractivity contribution in [1.29, 1.82) is 0 Å². The lowest BCUT2D eigenvalue weighted by Crippen LogP contribution is -2.34. The Balaban J connectivity index is 2.28. The van der Waals surface area contributed by atoms with Gasteiger partial charge in [-0.1, -0.05) is 6.92 Å². The van der Waals surface area contributed by atoms with Gasteiger partial charge in [-0.3, -0.25) is 0 Å². The highest BCUT2D eigenvalue weighted by atomic mass is 32.2. The molecular formula is C14H24N2O2S2. The molecule has 2 heterocycles. The molecule has 20 heavy (non-hydrogen) atoms. The monoisotopic (exact) mass is 316 g/mol. The number of hydrogen-bond acceptors (Lipinski definition) is 4. The van der Waals surface area contributed by atoms with Crippen molar-refractivity contribution < 1.29 is 8.42 Å².